The van der Waals surface area contributed by atoms with E-state index < -0.39 is 0 Å². The Morgan fingerprint density at radius 1 is 0.178 bits per heavy atom. The van der Waals surface area contributed by atoms with Crippen LogP contribution in [0.15, 0.2) is 279 Å². The highest BCUT2D eigenvalue weighted by Gasteiger charge is 2.13. The molecule has 0 spiro atoms. The topological polar surface area (TPSA) is 0 Å². The molecule has 0 aliphatic heterocycles. The summed E-state index contributed by atoms with van der Waals surface area (Å²) in [6, 6.07) is 101. The molecule has 0 radical (unpaired) electrons. The van der Waals surface area contributed by atoms with Crippen LogP contribution >= 0.6 is 0 Å². The second-order valence-corrected chi connectivity index (χ2v) is 25.7. The fraction of sp³-hybridized carbons (Fsp3) is 0.364. The Bertz CT molecular complexity index is 4520. The Morgan fingerprint density at radius 3 is 0.897 bits per heavy atom. The van der Waals surface area contributed by atoms with Crippen molar-refractivity contribution in [1.82, 2.24) is 0 Å². The van der Waals surface area contributed by atoms with Crippen LogP contribution in [0.4, 0.5) is 0 Å². The molecule has 0 saturated carbocycles. The molecule has 0 aromatic heterocycles. The number of benzene rings is 14. The molecule has 0 fully saturated rings. The van der Waals surface area contributed by atoms with E-state index in [9.17, 15) is 0 Å². The predicted octanol–water partition coefficient (Wildman–Crippen LogP) is 36.5. The largest absolute Gasteiger partial charge is 0.0776 e. The van der Waals surface area contributed by atoms with Gasteiger partial charge < -0.3 is 0 Å². The summed E-state index contributed by atoms with van der Waals surface area (Å²) in [6.45, 7) is 51.2. The Balaban J connectivity index is 0.00000123. The third-order valence-corrected chi connectivity index (χ3v) is 19.7. The van der Waals surface area contributed by atoms with Crippen LogP contribution in [0.1, 0.15) is 296 Å². The van der Waals surface area contributed by atoms with Crippen molar-refractivity contribution in [3.05, 3.63) is 312 Å². The quantitative estimate of drug-likeness (QED) is 0.0845. The van der Waals surface area contributed by atoms with Gasteiger partial charge in [0, 0.05) is 0 Å². The summed E-state index contributed by atoms with van der Waals surface area (Å²) in [7, 11) is 0. The molecular formula is C107H148. The maximum Gasteiger partial charge on any atom is -0.0103 e. The van der Waals surface area contributed by atoms with E-state index in [0.29, 0.717) is 35.5 Å². The summed E-state index contributed by atoms with van der Waals surface area (Å²) in [5, 5.41) is 21.7. The van der Waals surface area contributed by atoms with E-state index in [1.54, 1.807) is 0 Å². The zero-order chi connectivity index (χ0) is 76.9. The summed E-state index contributed by atoms with van der Waals surface area (Å²) < 4.78 is 0. The molecule has 6 atom stereocenters. The minimum absolute atomic E-state index is 0. The van der Waals surface area contributed by atoms with Gasteiger partial charge in [-0.1, -0.05) is 449 Å². The molecule has 14 rings (SSSR count). The lowest BCUT2D eigenvalue weighted by atomic mass is 9.88. The first-order valence-electron chi connectivity index (χ1n) is 40.6. The zero-order valence-corrected chi connectivity index (χ0v) is 69.3. The second kappa shape index (κ2) is 55.6. The molecule has 14 aromatic carbocycles. The number of hydrogen-bond acceptors (Lipinski definition) is 0. The van der Waals surface area contributed by atoms with Gasteiger partial charge in [-0.25, -0.2) is 0 Å². The summed E-state index contributed by atoms with van der Waals surface area (Å²) >= 11 is 0. The van der Waals surface area contributed by atoms with Gasteiger partial charge in [0.25, 0.3) is 0 Å². The highest BCUT2D eigenvalue weighted by Crippen LogP contribution is 2.36. The molecule has 0 amide bonds. The predicted molar refractivity (Wildman–Crippen MR) is 499 cm³/mol. The van der Waals surface area contributed by atoms with E-state index >= 15 is 0 Å². The lowest BCUT2D eigenvalue weighted by Gasteiger charge is -2.16. The first kappa shape index (κ1) is 98.2. The van der Waals surface area contributed by atoms with Crippen LogP contribution in [0, 0.1) is 0 Å². The minimum atomic E-state index is 0. The molecule has 0 heteroatoms. The monoisotopic (exact) mass is 1430 g/mol. The van der Waals surface area contributed by atoms with E-state index in [1.165, 1.54) is 158 Å². The van der Waals surface area contributed by atoms with Crippen molar-refractivity contribution in [2.75, 3.05) is 0 Å². The third kappa shape index (κ3) is 28.7. The van der Waals surface area contributed by atoms with Gasteiger partial charge in [-0.05, 0) is 212 Å². The summed E-state index contributed by atoms with van der Waals surface area (Å²) in [6.07, 6.45) is 7.20. The molecule has 107 heavy (non-hydrogen) atoms. The molecule has 0 heterocycles. The van der Waals surface area contributed by atoms with Gasteiger partial charge in [0.05, 0.1) is 0 Å². The Labute approximate surface area is 656 Å². The van der Waals surface area contributed by atoms with Crippen molar-refractivity contribution in [2.24, 2.45) is 0 Å². The number of rotatable bonds is 12. The van der Waals surface area contributed by atoms with Crippen molar-refractivity contribution in [3.8, 4) is 0 Å². The molecule has 0 bridgehead atoms. The maximum atomic E-state index is 2.37. The summed E-state index contributed by atoms with van der Waals surface area (Å²) in [5.41, 5.74) is 8.77. The third-order valence-electron chi connectivity index (χ3n) is 19.7. The fourth-order valence-corrected chi connectivity index (χ4v) is 12.5. The molecule has 576 valence electrons. The van der Waals surface area contributed by atoms with Crippen molar-refractivity contribution >= 4 is 86.2 Å². The van der Waals surface area contributed by atoms with Gasteiger partial charge in [-0.3, -0.25) is 0 Å². The van der Waals surface area contributed by atoms with Crippen LogP contribution in [-0.4, -0.2) is 0 Å². The average molecular weight is 1430 g/mol. The van der Waals surface area contributed by atoms with E-state index in [0.717, 1.165) is 0 Å². The van der Waals surface area contributed by atoms with Crippen LogP contribution in [0.25, 0.3) is 86.2 Å². The second-order valence-electron chi connectivity index (χ2n) is 25.7. The minimum Gasteiger partial charge on any atom is -0.0776 e. The van der Waals surface area contributed by atoms with Crippen LogP contribution in [0.5, 0.6) is 0 Å². The molecule has 0 saturated heterocycles. The average Bonchev–Trinajstić information content (AvgIpc) is 0.782. The lowest BCUT2D eigenvalue weighted by Crippen LogP contribution is -1.95. The van der Waals surface area contributed by atoms with Crippen LogP contribution in [0.2, 0.25) is 0 Å². The van der Waals surface area contributed by atoms with Crippen molar-refractivity contribution < 1.29 is 0 Å². The molecule has 6 unspecified atom stereocenters. The normalized spacial score (nSPS) is 11.5. The van der Waals surface area contributed by atoms with Gasteiger partial charge in [-0.2, -0.15) is 0 Å². The summed E-state index contributed by atoms with van der Waals surface area (Å²) in [4.78, 5) is 0. The Hall–Kier alpha value is -8.84. The number of fused-ring (bicyclic) bond motifs is 9. The maximum absolute atomic E-state index is 2.37. The molecule has 0 aliphatic carbocycles. The molecular weight excluding hydrogens is 1290 g/mol. The zero-order valence-electron chi connectivity index (χ0n) is 69.3. The number of hydrogen-bond donors (Lipinski definition) is 0. The first-order chi connectivity index (χ1) is 50.9. The molecule has 0 aliphatic rings. The Morgan fingerprint density at radius 2 is 0.449 bits per heavy atom. The van der Waals surface area contributed by atoms with E-state index in [4.69, 9.17) is 0 Å². The molecule has 14 aromatic rings. The molecule has 0 nitrogen and oxygen atoms in total. The van der Waals surface area contributed by atoms with Crippen molar-refractivity contribution in [1.29, 1.82) is 0 Å². The Kier molecular flexibility index (Phi) is 51.0. The van der Waals surface area contributed by atoms with Gasteiger partial charge in [0.2, 0.25) is 0 Å². The highest BCUT2D eigenvalue weighted by atomic mass is 14.2. The standard InChI is InChI=1S/3C18H18.2C14H16.C10H14.6C2H6.3CH4/c1-3-13(2)18-16-10-6-4-8-14(16)12-15-9-5-7-11-17(15)18;1-3-13(2)14-8-9-17-11-15-6-4-5-7-16(15)12-18(17)10-14;1-3-13(2)16-11-10-15-9-8-14-6-4-5-7-17(14)18(15)12-16;1-3-11(2)13-10-6-8-12-7-4-5-9-14(12)13;1-3-11(2)13-9-8-12-6-4-5-7-14(12)10-13;1-3-9(2)10-7-5-4-6-8-10;6*1-2;;;/h3*4-13H,3H2,1-2H3;2*4-11H,3H2,1-2H3;4-9H,3H2,1-2H3;6*1-2H3;3*1H4. The summed E-state index contributed by atoms with van der Waals surface area (Å²) in [5.74, 6) is 3.90. The van der Waals surface area contributed by atoms with E-state index in [2.05, 4.69) is 362 Å². The van der Waals surface area contributed by atoms with E-state index in [1.807, 2.05) is 83.1 Å². The van der Waals surface area contributed by atoms with Crippen molar-refractivity contribution in [2.45, 2.75) is 262 Å². The van der Waals surface area contributed by atoms with E-state index in [-0.39, 0.29) is 22.3 Å². The van der Waals surface area contributed by atoms with Crippen LogP contribution < -0.4 is 0 Å². The van der Waals surface area contributed by atoms with Gasteiger partial charge in [0.15, 0.2) is 0 Å². The fourth-order valence-electron chi connectivity index (χ4n) is 12.5. The lowest BCUT2D eigenvalue weighted by molar-refractivity contribution is 0.733. The SMILES string of the molecule is C.C.C.CC.CC.CC.CC.CC.CC.CCC(C)c1c2ccccc2cc2ccccc12.CCC(C)c1ccc2cc3ccccc3cc2c1.CCC(C)c1ccc2ccc3ccccc3c2c1.CCC(C)c1ccc2ccccc2c1.CCC(C)c1cccc2ccccc12.CCC(C)c1ccccc1. The van der Waals surface area contributed by atoms with Gasteiger partial charge in [-0.15, -0.1) is 0 Å². The smallest absolute Gasteiger partial charge is 0.0103 e. The van der Waals surface area contributed by atoms with Crippen LogP contribution in [-0.2, 0) is 0 Å². The first-order valence-corrected chi connectivity index (χ1v) is 40.6. The van der Waals surface area contributed by atoms with Gasteiger partial charge >= 0.3 is 0 Å². The molecule has 0 N–H and O–H groups in total. The highest BCUT2D eigenvalue weighted by molar-refractivity contribution is 6.08. The van der Waals surface area contributed by atoms with Crippen LogP contribution in [0.3, 0.4) is 0 Å². The van der Waals surface area contributed by atoms with Gasteiger partial charge in [0.1, 0.15) is 0 Å². The van der Waals surface area contributed by atoms with Crippen molar-refractivity contribution in [3.63, 3.8) is 0 Å².